The predicted octanol–water partition coefficient (Wildman–Crippen LogP) is 2.70. The molecule has 0 aromatic carbocycles. The topological polar surface area (TPSA) is 75.7 Å². The molecule has 1 aromatic heterocycles. The summed E-state index contributed by atoms with van der Waals surface area (Å²) in [5.41, 5.74) is 5.30. The summed E-state index contributed by atoms with van der Waals surface area (Å²) < 4.78 is 1.98. The Morgan fingerprint density at radius 1 is 1.44 bits per heavy atom. The molecule has 16 heavy (non-hydrogen) atoms. The molecule has 7 heteroatoms. The molecule has 0 saturated carbocycles. The van der Waals surface area contributed by atoms with Crippen molar-refractivity contribution in [2.24, 2.45) is 11.1 Å². The van der Waals surface area contributed by atoms with Crippen LogP contribution in [0.25, 0.3) is 0 Å². The van der Waals surface area contributed by atoms with E-state index in [9.17, 15) is 0 Å². The van der Waals surface area contributed by atoms with Crippen LogP contribution in [0.15, 0.2) is 8.68 Å². The molecule has 0 unspecified atom stereocenters. The first-order valence-electron chi connectivity index (χ1n) is 4.80. The van der Waals surface area contributed by atoms with Crippen molar-refractivity contribution in [3.63, 3.8) is 0 Å². The minimum absolute atomic E-state index is 0.222. The molecule has 0 radical (unpaired) electrons. The van der Waals surface area contributed by atoms with Gasteiger partial charge in [-0.2, -0.15) is 0 Å². The highest BCUT2D eigenvalue weighted by atomic mass is 32.2. The van der Waals surface area contributed by atoms with Crippen LogP contribution in [-0.2, 0) is 0 Å². The fourth-order valence-electron chi connectivity index (χ4n) is 0.866. The van der Waals surface area contributed by atoms with Crippen LogP contribution in [-0.4, -0.2) is 28.0 Å². The van der Waals surface area contributed by atoms with E-state index in [1.807, 2.05) is 20.1 Å². The largest absolute Gasteiger partial charge is 0.387 e. The molecule has 0 fully saturated rings. The third-order valence-electron chi connectivity index (χ3n) is 2.24. The van der Waals surface area contributed by atoms with Crippen LogP contribution in [0.1, 0.15) is 20.3 Å². The molecule has 0 atom stereocenters. The fourth-order valence-corrected chi connectivity index (χ4v) is 3.64. The Hall–Kier alpha value is -0.270. The average molecular weight is 276 g/mol. The molecule has 1 rings (SSSR count). The smallest absolute Gasteiger partial charge is 0.175 e. The Balaban J connectivity index is 2.38. The molecule has 1 heterocycles. The molecular weight excluding hydrogens is 260 g/mol. The van der Waals surface area contributed by atoms with Crippen LogP contribution >= 0.6 is 34.9 Å². The highest BCUT2D eigenvalue weighted by molar-refractivity contribution is 8.02. The molecule has 0 aliphatic carbocycles. The van der Waals surface area contributed by atoms with Gasteiger partial charge in [-0.05, 0) is 12.7 Å². The number of rotatable bonds is 6. The lowest BCUT2D eigenvalue weighted by atomic mass is 9.89. The van der Waals surface area contributed by atoms with Crippen LogP contribution < -0.4 is 5.73 Å². The summed E-state index contributed by atoms with van der Waals surface area (Å²) in [6.45, 7) is 3.98. The number of amidine groups is 1. The molecule has 1 aromatic rings. The number of hydrogen-bond donors (Lipinski definition) is 2. The van der Waals surface area contributed by atoms with E-state index in [2.05, 4.69) is 10.2 Å². The summed E-state index contributed by atoms with van der Waals surface area (Å²) in [6, 6.07) is 0. The van der Waals surface area contributed by atoms with Gasteiger partial charge < -0.3 is 5.73 Å². The first kappa shape index (κ1) is 13.8. The van der Waals surface area contributed by atoms with Gasteiger partial charge in [-0.3, -0.25) is 5.41 Å². The Labute approximate surface area is 108 Å². The summed E-state index contributed by atoms with van der Waals surface area (Å²) in [5.74, 6) is 1.16. The van der Waals surface area contributed by atoms with Crippen LogP contribution in [0, 0.1) is 10.8 Å². The molecule has 0 bridgehead atoms. The normalized spacial score (nSPS) is 11.7. The summed E-state index contributed by atoms with van der Waals surface area (Å²) in [6.07, 6.45) is 2.87. The van der Waals surface area contributed by atoms with Crippen molar-refractivity contribution in [2.75, 3.05) is 12.0 Å². The van der Waals surface area contributed by atoms with Crippen molar-refractivity contribution < 1.29 is 0 Å². The van der Waals surface area contributed by atoms with Crippen molar-refractivity contribution >= 4 is 40.7 Å². The Bertz CT molecular complexity index is 361. The Morgan fingerprint density at radius 2 is 2.06 bits per heavy atom. The van der Waals surface area contributed by atoms with Crippen LogP contribution in [0.2, 0.25) is 0 Å². The van der Waals surface area contributed by atoms with E-state index < -0.39 is 0 Å². The number of nitrogens with one attached hydrogen (secondary N) is 1. The maximum Gasteiger partial charge on any atom is 0.175 e. The maximum absolute atomic E-state index is 7.45. The summed E-state index contributed by atoms with van der Waals surface area (Å²) in [7, 11) is 0. The monoisotopic (exact) mass is 276 g/mol. The SMILES string of the molecule is CSc1nnc(SCCC(C)(C)C(=N)N)s1. The second-order valence-corrected chi connectivity index (χ2v) is 7.31. The van der Waals surface area contributed by atoms with E-state index in [-0.39, 0.29) is 11.3 Å². The van der Waals surface area contributed by atoms with Gasteiger partial charge in [0.15, 0.2) is 8.68 Å². The predicted molar refractivity (Wildman–Crippen MR) is 72.7 cm³/mol. The summed E-state index contributed by atoms with van der Waals surface area (Å²) in [4.78, 5) is 0. The van der Waals surface area contributed by atoms with Gasteiger partial charge in [-0.25, -0.2) is 0 Å². The van der Waals surface area contributed by atoms with Gasteiger partial charge in [0.2, 0.25) is 0 Å². The third kappa shape index (κ3) is 3.95. The number of aromatic nitrogens is 2. The van der Waals surface area contributed by atoms with Crippen molar-refractivity contribution in [1.82, 2.24) is 10.2 Å². The number of nitrogens with two attached hydrogens (primary N) is 1. The second kappa shape index (κ2) is 5.88. The first-order valence-corrected chi connectivity index (χ1v) is 7.83. The first-order chi connectivity index (χ1) is 7.45. The summed E-state index contributed by atoms with van der Waals surface area (Å²) >= 11 is 4.90. The zero-order chi connectivity index (χ0) is 12.2. The molecule has 0 saturated heterocycles. The minimum Gasteiger partial charge on any atom is -0.387 e. The van der Waals surface area contributed by atoms with E-state index in [4.69, 9.17) is 11.1 Å². The Kier molecular flexibility index (Phi) is 5.07. The van der Waals surface area contributed by atoms with Crippen molar-refractivity contribution in [3.05, 3.63) is 0 Å². The quantitative estimate of drug-likeness (QED) is 0.474. The molecule has 0 aliphatic heterocycles. The molecule has 0 spiro atoms. The highest BCUT2D eigenvalue weighted by Crippen LogP contribution is 2.30. The standard InChI is InChI=1S/C9H16N4S3/c1-9(2,6(10)11)4-5-15-8-13-12-7(14-3)16-8/h4-5H2,1-3H3,(H3,10,11). The molecule has 4 nitrogen and oxygen atoms in total. The number of hydrogen-bond acceptors (Lipinski definition) is 6. The molecular formula is C9H16N4S3. The van der Waals surface area contributed by atoms with Gasteiger partial charge in [0.1, 0.15) is 0 Å². The lowest BCUT2D eigenvalue weighted by molar-refractivity contribution is 0.500. The van der Waals surface area contributed by atoms with Gasteiger partial charge >= 0.3 is 0 Å². The zero-order valence-electron chi connectivity index (χ0n) is 9.61. The molecule has 0 aliphatic rings. The van der Waals surface area contributed by atoms with Gasteiger partial charge in [0.05, 0.1) is 5.84 Å². The lowest BCUT2D eigenvalue weighted by Crippen LogP contribution is -2.31. The van der Waals surface area contributed by atoms with E-state index in [1.165, 1.54) is 0 Å². The van der Waals surface area contributed by atoms with Crippen molar-refractivity contribution in [2.45, 2.75) is 28.9 Å². The minimum atomic E-state index is -0.222. The van der Waals surface area contributed by atoms with E-state index in [1.54, 1.807) is 34.9 Å². The van der Waals surface area contributed by atoms with Gasteiger partial charge in [0.25, 0.3) is 0 Å². The maximum atomic E-state index is 7.45. The summed E-state index contributed by atoms with van der Waals surface area (Å²) in [5, 5.41) is 15.6. The number of nitrogens with zero attached hydrogens (tertiary/aromatic N) is 2. The van der Waals surface area contributed by atoms with Gasteiger partial charge in [-0.15, -0.1) is 10.2 Å². The van der Waals surface area contributed by atoms with E-state index in [0.29, 0.717) is 0 Å². The van der Waals surface area contributed by atoms with Gasteiger partial charge in [-0.1, -0.05) is 48.7 Å². The second-order valence-electron chi connectivity index (χ2n) is 3.93. The zero-order valence-corrected chi connectivity index (χ0v) is 12.1. The van der Waals surface area contributed by atoms with E-state index in [0.717, 1.165) is 20.9 Å². The van der Waals surface area contributed by atoms with Crippen molar-refractivity contribution in [1.29, 1.82) is 5.41 Å². The number of thioether (sulfide) groups is 2. The van der Waals surface area contributed by atoms with E-state index >= 15 is 0 Å². The lowest BCUT2D eigenvalue weighted by Gasteiger charge is -2.21. The van der Waals surface area contributed by atoms with Gasteiger partial charge in [0, 0.05) is 11.2 Å². The van der Waals surface area contributed by atoms with Crippen LogP contribution in [0.3, 0.4) is 0 Å². The average Bonchev–Trinajstić information content (AvgIpc) is 2.65. The molecule has 0 amide bonds. The molecule has 90 valence electrons. The fraction of sp³-hybridized carbons (Fsp3) is 0.667. The highest BCUT2D eigenvalue weighted by Gasteiger charge is 2.21. The Morgan fingerprint density at radius 3 is 2.56 bits per heavy atom. The van der Waals surface area contributed by atoms with Crippen molar-refractivity contribution in [3.8, 4) is 0 Å². The molecule has 3 N–H and O–H groups in total. The van der Waals surface area contributed by atoms with Crippen LogP contribution in [0.5, 0.6) is 0 Å². The third-order valence-corrected chi connectivity index (χ3v) is 5.28. The van der Waals surface area contributed by atoms with Crippen LogP contribution in [0.4, 0.5) is 0 Å².